The van der Waals surface area contributed by atoms with Crippen LogP contribution in [0.4, 0.5) is 5.82 Å². The third-order valence-electron chi connectivity index (χ3n) is 6.12. The second-order valence-electron chi connectivity index (χ2n) is 7.75. The van der Waals surface area contributed by atoms with Crippen molar-refractivity contribution < 1.29 is 13.2 Å². The van der Waals surface area contributed by atoms with Gasteiger partial charge in [0.2, 0.25) is 10.0 Å². The SMILES string of the molecule is CS(=O)(=O)NC[C@H]1[C@H]2CN(c3cnc4ccccc4n3)C[C@]23CC[C@H]1O3. The molecule has 0 saturated carbocycles. The smallest absolute Gasteiger partial charge is 0.208 e. The Morgan fingerprint density at radius 3 is 2.96 bits per heavy atom. The number of sulfonamides is 1. The van der Waals surface area contributed by atoms with Gasteiger partial charge in [-0.25, -0.2) is 18.1 Å². The topological polar surface area (TPSA) is 84.4 Å². The molecule has 7 nitrogen and oxygen atoms in total. The molecule has 0 amide bonds. The summed E-state index contributed by atoms with van der Waals surface area (Å²) in [5.74, 6) is 1.41. The van der Waals surface area contributed by atoms with E-state index in [2.05, 4.69) is 14.6 Å². The van der Waals surface area contributed by atoms with Crippen LogP contribution in [0.1, 0.15) is 12.8 Å². The normalized spacial score (nSPS) is 33.1. The van der Waals surface area contributed by atoms with Gasteiger partial charge in [0, 0.05) is 31.5 Å². The van der Waals surface area contributed by atoms with E-state index in [4.69, 9.17) is 9.72 Å². The van der Waals surface area contributed by atoms with Crippen LogP contribution >= 0.6 is 0 Å². The molecule has 1 N–H and O–H groups in total. The van der Waals surface area contributed by atoms with E-state index in [1.54, 1.807) is 0 Å². The Morgan fingerprint density at radius 2 is 2.15 bits per heavy atom. The second-order valence-corrected chi connectivity index (χ2v) is 9.58. The molecule has 3 fully saturated rings. The first kappa shape index (κ1) is 16.4. The molecular formula is C18H22N4O3S. The Balaban J connectivity index is 1.41. The molecule has 8 heteroatoms. The first-order valence-electron chi connectivity index (χ1n) is 9.03. The Labute approximate surface area is 152 Å². The van der Waals surface area contributed by atoms with Gasteiger partial charge in [-0.15, -0.1) is 0 Å². The summed E-state index contributed by atoms with van der Waals surface area (Å²) in [5.41, 5.74) is 1.61. The van der Waals surface area contributed by atoms with Gasteiger partial charge >= 0.3 is 0 Å². The summed E-state index contributed by atoms with van der Waals surface area (Å²) < 4.78 is 32.1. The van der Waals surface area contributed by atoms with Crippen molar-refractivity contribution in [3.05, 3.63) is 30.5 Å². The maximum absolute atomic E-state index is 11.5. The lowest BCUT2D eigenvalue weighted by Gasteiger charge is -2.29. The molecule has 4 atom stereocenters. The van der Waals surface area contributed by atoms with Crippen molar-refractivity contribution in [1.29, 1.82) is 0 Å². The largest absolute Gasteiger partial charge is 0.369 e. The number of para-hydroxylation sites is 2. The molecule has 1 aromatic carbocycles. The highest BCUT2D eigenvalue weighted by Crippen LogP contribution is 2.55. The van der Waals surface area contributed by atoms with Crippen LogP contribution in [0.5, 0.6) is 0 Å². The predicted octanol–water partition coefficient (Wildman–Crippen LogP) is 1.16. The average Bonchev–Trinajstić information content (AvgIpc) is 3.27. The van der Waals surface area contributed by atoms with Crippen molar-refractivity contribution in [3.8, 4) is 0 Å². The summed E-state index contributed by atoms with van der Waals surface area (Å²) in [4.78, 5) is 11.5. The van der Waals surface area contributed by atoms with E-state index in [1.165, 1.54) is 6.26 Å². The molecule has 26 heavy (non-hydrogen) atoms. The molecule has 0 aliphatic carbocycles. The van der Waals surface area contributed by atoms with Gasteiger partial charge in [0.1, 0.15) is 5.82 Å². The van der Waals surface area contributed by atoms with Crippen molar-refractivity contribution in [3.63, 3.8) is 0 Å². The zero-order valence-electron chi connectivity index (χ0n) is 14.6. The summed E-state index contributed by atoms with van der Waals surface area (Å²) in [6, 6.07) is 7.86. The maximum atomic E-state index is 11.5. The molecule has 3 aliphatic heterocycles. The zero-order chi connectivity index (χ0) is 17.9. The molecule has 1 aromatic heterocycles. The molecule has 138 valence electrons. The highest BCUT2D eigenvalue weighted by molar-refractivity contribution is 7.88. The number of anilines is 1. The van der Waals surface area contributed by atoms with E-state index in [9.17, 15) is 8.42 Å². The molecule has 4 heterocycles. The van der Waals surface area contributed by atoms with Crippen LogP contribution in [-0.4, -0.2) is 56.0 Å². The van der Waals surface area contributed by atoms with Crippen LogP contribution in [0.25, 0.3) is 11.0 Å². The lowest BCUT2D eigenvalue weighted by molar-refractivity contribution is 0.0142. The molecule has 1 spiro atoms. The minimum Gasteiger partial charge on any atom is -0.369 e. The zero-order valence-corrected chi connectivity index (χ0v) is 15.4. The fourth-order valence-corrected chi connectivity index (χ4v) is 5.48. The highest BCUT2D eigenvalue weighted by Gasteiger charge is 2.63. The Kier molecular flexibility index (Phi) is 3.54. The third-order valence-corrected chi connectivity index (χ3v) is 6.82. The van der Waals surface area contributed by atoms with Gasteiger partial charge < -0.3 is 9.64 Å². The highest BCUT2D eigenvalue weighted by atomic mass is 32.2. The van der Waals surface area contributed by atoms with Gasteiger partial charge in [-0.3, -0.25) is 4.98 Å². The molecule has 2 bridgehead atoms. The number of benzene rings is 1. The van der Waals surface area contributed by atoms with Crippen LogP contribution in [0.3, 0.4) is 0 Å². The molecule has 3 saturated heterocycles. The molecule has 3 aliphatic rings. The number of rotatable bonds is 4. The van der Waals surface area contributed by atoms with Crippen molar-refractivity contribution in [2.45, 2.75) is 24.5 Å². The van der Waals surface area contributed by atoms with E-state index in [0.717, 1.165) is 42.8 Å². The lowest BCUT2D eigenvalue weighted by Crippen LogP contribution is -2.41. The Hall–Kier alpha value is -1.77. The summed E-state index contributed by atoms with van der Waals surface area (Å²) in [5, 5.41) is 0. The van der Waals surface area contributed by atoms with E-state index in [-0.39, 0.29) is 17.6 Å². The summed E-state index contributed by atoms with van der Waals surface area (Å²) in [7, 11) is -3.19. The number of aromatic nitrogens is 2. The number of nitrogens with one attached hydrogen (secondary N) is 1. The number of hydrogen-bond acceptors (Lipinski definition) is 6. The van der Waals surface area contributed by atoms with Gasteiger partial charge in [-0.1, -0.05) is 12.1 Å². The fourth-order valence-electron chi connectivity index (χ4n) is 4.99. The van der Waals surface area contributed by atoms with Gasteiger partial charge in [-0.2, -0.15) is 0 Å². The first-order chi connectivity index (χ1) is 12.4. The van der Waals surface area contributed by atoms with Crippen molar-refractivity contribution in [2.24, 2.45) is 11.8 Å². The standard InChI is InChI=1S/C18H22N4O3S/c1-26(23,24)20-8-12-13-10-22(11-18(13)7-6-16(12)25-18)17-9-19-14-4-2-3-5-15(14)21-17/h2-5,9,12-13,16,20H,6-8,10-11H2,1H3/t12-,13+,16+,18+/m0/s1. The summed E-state index contributed by atoms with van der Waals surface area (Å²) in [6.07, 6.45) is 5.25. The van der Waals surface area contributed by atoms with Crippen molar-refractivity contribution in [2.75, 3.05) is 30.8 Å². The monoisotopic (exact) mass is 374 g/mol. The van der Waals surface area contributed by atoms with E-state index in [0.29, 0.717) is 12.5 Å². The van der Waals surface area contributed by atoms with E-state index >= 15 is 0 Å². The van der Waals surface area contributed by atoms with Gasteiger partial charge in [0.05, 0.1) is 35.2 Å². The molecule has 2 aromatic rings. The van der Waals surface area contributed by atoms with Crippen molar-refractivity contribution >= 4 is 26.9 Å². The van der Waals surface area contributed by atoms with Crippen molar-refractivity contribution in [1.82, 2.24) is 14.7 Å². The molecular weight excluding hydrogens is 352 g/mol. The third kappa shape index (κ3) is 2.59. The van der Waals surface area contributed by atoms with Crippen LogP contribution in [-0.2, 0) is 14.8 Å². The Morgan fingerprint density at radius 1 is 1.35 bits per heavy atom. The Bertz CT molecular complexity index is 966. The number of nitrogens with zero attached hydrogens (tertiary/aromatic N) is 3. The summed E-state index contributed by atoms with van der Waals surface area (Å²) >= 11 is 0. The minimum atomic E-state index is -3.19. The van der Waals surface area contributed by atoms with Crippen LogP contribution in [0.15, 0.2) is 30.5 Å². The quantitative estimate of drug-likeness (QED) is 0.865. The number of ether oxygens (including phenoxy) is 1. The summed E-state index contributed by atoms with van der Waals surface area (Å²) in [6.45, 7) is 2.09. The first-order valence-corrected chi connectivity index (χ1v) is 10.9. The molecule has 0 radical (unpaired) electrons. The maximum Gasteiger partial charge on any atom is 0.208 e. The second kappa shape index (κ2) is 5.61. The van der Waals surface area contributed by atoms with Gasteiger partial charge in [0.25, 0.3) is 0 Å². The lowest BCUT2D eigenvalue weighted by atomic mass is 9.74. The number of hydrogen-bond donors (Lipinski definition) is 1. The van der Waals surface area contributed by atoms with E-state index in [1.807, 2.05) is 30.5 Å². The van der Waals surface area contributed by atoms with Crippen LogP contribution < -0.4 is 9.62 Å². The predicted molar refractivity (Wildman–Crippen MR) is 98.4 cm³/mol. The number of fused-ring (bicyclic) bond motifs is 2. The van der Waals surface area contributed by atoms with E-state index < -0.39 is 10.0 Å². The average molecular weight is 374 g/mol. The van der Waals surface area contributed by atoms with Crippen LogP contribution in [0, 0.1) is 11.8 Å². The van der Waals surface area contributed by atoms with Gasteiger partial charge in [0.15, 0.2) is 0 Å². The molecule has 0 unspecified atom stereocenters. The van der Waals surface area contributed by atoms with Gasteiger partial charge in [-0.05, 0) is 25.0 Å². The van der Waals surface area contributed by atoms with Crippen LogP contribution in [0.2, 0.25) is 0 Å². The fraction of sp³-hybridized carbons (Fsp3) is 0.556. The molecule has 5 rings (SSSR count). The minimum absolute atomic E-state index is 0.165.